The van der Waals surface area contributed by atoms with Crippen LogP contribution in [-0.4, -0.2) is 41.4 Å². The minimum Gasteiger partial charge on any atom is -0.496 e. The molecule has 2 aromatic carbocycles. The molecule has 0 aliphatic carbocycles. The first-order chi connectivity index (χ1) is 13.6. The largest absolute Gasteiger partial charge is 0.496 e. The van der Waals surface area contributed by atoms with E-state index in [9.17, 15) is 0 Å². The number of hydrogen-bond acceptors (Lipinski definition) is 5. The van der Waals surface area contributed by atoms with Crippen molar-refractivity contribution in [1.82, 2.24) is 10.6 Å². The Morgan fingerprint density at radius 1 is 0.750 bits per heavy atom. The summed E-state index contributed by atoms with van der Waals surface area (Å²) >= 11 is 0. The normalized spacial score (nSPS) is 11.0. The van der Waals surface area contributed by atoms with E-state index >= 15 is 0 Å². The summed E-state index contributed by atoms with van der Waals surface area (Å²) in [6.45, 7) is 3.14. The van der Waals surface area contributed by atoms with Gasteiger partial charge >= 0.3 is 0 Å². The molecule has 0 unspecified atom stereocenters. The fourth-order valence-electron chi connectivity index (χ4n) is 2.81. The van der Waals surface area contributed by atoms with Gasteiger partial charge in [-0.05, 0) is 24.6 Å². The first-order valence-corrected chi connectivity index (χ1v) is 8.93. The van der Waals surface area contributed by atoms with Gasteiger partial charge in [-0.2, -0.15) is 0 Å². The Hall–Kier alpha value is -3.09. The minimum absolute atomic E-state index is 0.508. The van der Waals surface area contributed by atoms with Gasteiger partial charge in [0.1, 0.15) is 11.5 Å². The van der Waals surface area contributed by atoms with Gasteiger partial charge in [-0.25, -0.2) is 0 Å². The van der Waals surface area contributed by atoms with Crippen molar-refractivity contribution in [3.05, 3.63) is 47.0 Å². The predicted molar refractivity (Wildman–Crippen MR) is 111 cm³/mol. The van der Waals surface area contributed by atoms with E-state index in [0.717, 1.165) is 22.4 Å². The van der Waals surface area contributed by atoms with Crippen molar-refractivity contribution < 1.29 is 18.9 Å². The second-order valence-electron chi connectivity index (χ2n) is 6.11. The van der Waals surface area contributed by atoms with Crippen molar-refractivity contribution in [2.45, 2.75) is 20.0 Å². The predicted octanol–water partition coefficient (Wildman–Crippen LogP) is 2.89. The SMILES string of the molecule is CN=C(NCc1ccc(C)cc1OC)NCc1cc(OC)c(OC)cc1OC. The van der Waals surface area contributed by atoms with Crippen molar-refractivity contribution >= 4 is 5.96 Å². The maximum atomic E-state index is 5.47. The van der Waals surface area contributed by atoms with E-state index in [1.807, 2.05) is 31.2 Å². The summed E-state index contributed by atoms with van der Waals surface area (Å²) in [6, 6.07) is 9.82. The lowest BCUT2D eigenvalue weighted by molar-refractivity contribution is 0.347. The van der Waals surface area contributed by atoms with Gasteiger partial charge in [-0.3, -0.25) is 4.99 Å². The number of methoxy groups -OCH3 is 4. The zero-order chi connectivity index (χ0) is 20.5. The summed E-state index contributed by atoms with van der Waals surface area (Å²) in [7, 11) is 8.24. The molecule has 0 atom stereocenters. The molecule has 0 aromatic heterocycles. The third-order valence-corrected chi connectivity index (χ3v) is 4.35. The van der Waals surface area contributed by atoms with Gasteiger partial charge in [-0.1, -0.05) is 12.1 Å². The Morgan fingerprint density at radius 3 is 1.86 bits per heavy atom. The van der Waals surface area contributed by atoms with Gasteiger partial charge in [0.15, 0.2) is 17.5 Å². The van der Waals surface area contributed by atoms with Crippen LogP contribution in [0.1, 0.15) is 16.7 Å². The number of benzene rings is 2. The topological polar surface area (TPSA) is 73.3 Å². The van der Waals surface area contributed by atoms with Crippen LogP contribution in [0.15, 0.2) is 35.3 Å². The van der Waals surface area contributed by atoms with Crippen molar-refractivity contribution in [1.29, 1.82) is 0 Å². The van der Waals surface area contributed by atoms with Crippen molar-refractivity contribution in [3.63, 3.8) is 0 Å². The summed E-state index contributed by atoms with van der Waals surface area (Å²) < 4.78 is 21.6. The van der Waals surface area contributed by atoms with E-state index in [0.29, 0.717) is 36.3 Å². The fourth-order valence-corrected chi connectivity index (χ4v) is 2.81. The first-order valence-electron chi connectivity index (χ1n) is 8.93. The zero-order valence-corrected chi connectivity index (χ0v) is 17.4. The van der Waals surface area contributed by atoms with Crippen molar-refractivity contribution in [2.75, 3.05) is 35.5 Å². The number of aliphatic imine (C=N–C) groups is 1. The first kappa shape index (κ1) is 21.2. The standard InChI is InChI=1S/C21H29N3O4/c1-14-7-8-15(17(9-14)25-3)12-23-21(22-2)24-13-16-10-19(27-5)20(28-6)11-18(16)26-4/h7-11H,12-13H2,1-6H3,(H2,22,23,24). The second-order valence-corrected chi connectivity index (χ2v) is 6.11. The van der Waals surface area contributed by atoms with Gasteiger partial charge in [0, 0.05) is 37.3 Å². The Bertz CT molecular complexity index is 822. The van der Waals surface area contributed by atoms with Crippen molar-refractivity contribution in [3.8, 4) is 23.0 Å². The smallest absolute Gasteiger partial charge is 0.191 e. The molecule has 152 valence electrons. The molecule has 2 rings (SSSR count). The average Bonchev–Trinajstić information content (AvgIpc) is 2.73. The molecule has 0 heterocycles. The summed E-state index contributed by atoms with van der Waals surface area (Å²) in [4.78, 5) is 4.28. The van der Waals surface area contributed by atoms with Gasteiger partial charge in [0.25, 0.3) is 0 Å². The van der Waals surface area contributed by atoms with E-state index in [1.54, 1.807) is 35.5 Å². The van der Waals surface area contributed by atoms with Crippen LogP contribution >= 0.6 is 0 Å². The molecule has 0 aliphatic rings. The van der Waals surface area contributed by atoms with E-state index in [2.05, 4.69) is 21.7 Å². The number of guanidine groups is 1. The molecule has 0 spiro atoms. The highest BCUT2D eigenvalue weighted by molar-refractivity contribution is 5.79. The molecule has 7 nitrogen and oxygen atoms in total. The van der Waals surface area contributed by atoms with Crippen molar-refractivity contribution in [2.24, 2.45) is 4.99 Å². The van der Waals surface area contributed by atoms with Crippen LogP contribution in [-0.2, 0) is 13.1 Å². The summed E-state index contributed by atoms with van der Waals surface area (Å²) in [5.41, 5.74) is 3.14. The maximum absolute atomic E-state index is 5.47. The second kappa shape index (κ2) is 10.3. The highest BCUT2D eigenvalue weighted by Crippen LogP contribution is 2.34. The third kappa shape index (κ3) is 5.22. The van der Waals surface area contributed by atoms with Crippen LogP contribution in [0.3, 0.4) is 0 Å². The number of nitrogens with zero attached hydrogens (tertiary/aromatic N) is 1. The Balaban J connectivity index is 2.06. The van der Waals surface area contributed by atoms with E-state index < -0.39 is 0 Å². The zero-order valence-electron chi connectivity index (χ0n) is 17.4. The van der Waals surface area contributed by atoms with Gasteiger partial charge in [0.2, 0.25) is 0 Å². The molecule has 0 saturated carbocycles. The van der Waals surface area contributed by atoms with E-state index in [1.165, 1.54) is 0 Å². The molecular formula is C21H29N3O4. The Kier molecular flexibility index (Phi) is 7.80. The Morgan fingerprint density at radius 2 is 1.29 bits per heavy atom. The Labute approximate surface area is 166 Å². The van der Waals surface area contributed by atoms with Crippen LogP contribution in [0.5, 0.6) is 23.0 Å². The van der Waals surface area contributed by atoms with E-state index in [-0.39, 0.29) is 0 Å². The fraction of sp³-hybridized carbons (Fsp3) is 0.381. The highest BCUT2D eigenvalue weighted by Gasteiger charge is 2.12. The molecule has 2 aromatic rings. The molecule has 0 amide bonds. The van der Waals surface area contributed by atoms with Crippen LogP contribution in [0.25, 0.3) is 0 Å². The molecule has 28 heavy (non-hydrogen) atoms. The monoisotopic (exact) mass is 387 g/mol. The van der Waals surface area contributed by atoms with Crippen LogP contribution in [0.2, 0.25) is 0 Å². The lowest BCUT2D eigenvalue weighted by atomic mass is 10.1. The van der Waals surface area contributed by atoms with Gasteiger partial charge in [0.05, 0.1) is 28.4 Å². The van der Waals surface area contributed by atoms with Crippen LogP contribution in [0, 0.1) is 6.92 Å². The number of nitrogens with one attached hydrogen (secondary N) is 2. The third-order valence-electron chi connectivity index (χ3n) is 4.35. The molecule has 0 aliphatic heterocycles. The highest BCUT2D eigenvalue weighted by atomic mass is 16.5. The lowest BCUT2D eigenvalue weighted by Crippen LogP contribution is -2.36. The van der Waals surface area contributed by atoms with Gasteiger partial charge in [-0.15, -0.1) is 0 Å². The van der Waals surface area contributed by atoms with E-state index in [4.69, 9.17) is 18.9 Å². The maximum Gasteiger partial charge on any atom is 0.191 e. The molecule has 0 saturated heterocycles. The summed E-state index contributed by atoms with van der Waals surface area (Å²) in [6.07, 6.45) is 0. The van der Waals surface area contributed by atoms with Gasteiger partial charge < -0.3 is 29.6 Å². The number of hydrogen-bond donors (Lipinski definition) is 2. The van der Waals surface area contributed by atoms with Crippen LogP contribution < -0.4 is 29.6 Å². The minimum atomic E-state index is 0.508. The average molecular weight is 387 g/mol. The quantitative estimate of drug-likeness (QED) is 0.536. The molecule has 7 heteroatoms. The lowest BCUT2D eigenvalue weighted by Gasteiger charge is -2.17. The number of ether oxygens (including phenoxy) is 4. The molecule has 2 N–H and O–H groups in total. The molecule has 0 radical (unpaired) electrons. The molecular weight excluding hydrogens is 358 g/mol. The summed E-state index contributed by atoms with van der Waals surface area (Å²) in [5.74, 6) is 3.49. The molecule has 0 fully saturated rings. The number of rotatable bonds is 8. The number of aryl methyl sites for hydroxylation is 1. The molecule has 0 bridgehead atoms. The van der Waals surface area contributed by atoms with Crippen LogP contribution in [0.4, 0.5) is 0 Å². The summed E-state index contributed by atoms with van der Waals surface area (Å²) in [5, 5.41) is 6.59.